The van der Waals surface area contributed by atoms with Crippen LogP contribution >= 0.6 is 35.1 Å². The van der Waals surface area contributed by atoms with Crippen molar-refractivity contribution in [2.45, 2.75) is 44.7 Å². The van der Waals surface area contributed by atoms with Crippen LogP contribution in [0.5, 0.6) is 0 Å². The molecule has 2 aliphatic rings. The van der Waals surface area contributed by atoms with Gasteiger partial charge in [0.05, 0.1) is 0 Å². The number of carbonyl (C=O) groups excluding carboxylic acids is 1. The van der Waals surface area contributed by atoms with Crippen LogP contribution in [-0.4, -0.2) is 29.9 Å². The number of nitrogens with one attached hydrogen (secondary N) is 1. The zero-order valence-electron chi connectivity index (χ0n) is 14.3. The average Bonchev–Trinajstić information content (AvgIpc) is 3.06. The first-order valence-electron chi connectivity index (χ1n) is 8.79. The van der Waals surface area contributed by atoms with Gasteiger partial charge in [-0.1, -0.05) is 0 Å². The number of piperidine rings is 1. The maximum Gasteiger partial charge on any atom is 0.223 e. The highest BCUT2D eigenvalue weighted by atomic mass is 35.5. The highest BCUT2D eigenvalue weighted by Crippen LogP contribution is 2.56. The van der Waals surface area contributed by atoms with Crippen LogP contribution in [0.2, 0.25) is 0 Å². The third kappa shape index (κ3) is 4.27. The molecule has 136 valence electrons. The number of thiophene rings is 2. The molecule has 0 aromatic carbocycles. The fourth-order valence-corrected chi connectivity index (χ4v) is 5.37. The van der Waals surface area contributed by atoms with Gasteiger partial charge in [-0.15, -0.1) is 12.4 Å². The minimum atomic E-state index is 0. The number of nitrogens with zero attached hydrogens (tertiary/aromatic N) is 1. The molecule has 0 radical (unpaired) electrons. The van der Waals surface area contributed by atoms with Crippen LogP contribution in [-0.2, 0) is 17.8 Å². The molecule has 3 nitrogen and oxygen atoms in total. The predicted molar refractivity (Wildman–Crippen MR) is 108 cm³/mol. The number of hydrogen-bond donors (Lipinski definition) is 1. The minimum Gasteiger partial charge on any atom is -0.335 e. The lowest BCUT2D eigenvalue weighted by Crippen LogP contribution is -2.39. The number of rotatable bonds is 6. The number of halogens is 1. The second kappa shape index (κ2) is 8.21. The Morgan fingerprint density at radius 1 is 1.16 bits per heavy atom. The van der Waals surface area contributed by atoms with E-state index in [9.17, 15) is 4.79 Å². The number of hydrogen-bond acceptors (Lipinski definition) is 4. The summed E-state index contributed by atoms with van der Waals surface area (Å²) in [6, 6.07) is 4.74. The van der Waals surface area contributed by atoms with Gasteiger partial charge in [-0.05, 0) is 89.0 Å². The first-order chi connectivity index (χ1) is 11.8. The Kier molecular flexibility index (Phi) is 6.21. The van der Waals surface area contributed by atoms with Crippen LogP contribution in [0.4, 0.5) is 0 Å². The van der Waals surface area contributed by atoms with Gasteiger partial charge in [0, 0.05) is 19.0 Å². The van der Waals surface area contributed by atoms with Crippen molar-refractivity contribution >= 4 is 41.0 Å². The SMILES string of the molecule is Cl.O=C(CCc1ccsc1)N(Cc1ccsc1)C1CC12CCNCC2. The van der Waals surface area contributed by atoms with Crippen molar-refractivity contribution in [1.29, 1.82) is 0 Å². The first-order valence-corrected chi connectivity index (χ1v) is 10.7. The van der Waals surface area contributed by atoms with Crippen LogP contribution in [0.25, 0.3) is 0 Å². The molecule has 1 aliphatic carbocycles. The number of carbonyl (C=O) groups is 1. The van der Waals surface area contributed by atoms with Crippen LogP contribution in [0, 0.1) is 5.41 Å². The van der Waals surface area contributed by atoms with E-state index in [0.29, 0.717) is 23.8 Å². The maximum atomic E-state index is 13.0. The van der Waals surface area contributed by atoms with Gasteiger partial charge < -0.3 is 10.2 Å². The quantitative estimate of drug-likeness (QED) is 0.787. The predicted octanol–water partition coefficient (Wildman–Crippen LogP) is 4.33. The fraction of sp³-hybridized carbons (Fsp3) is 0.526. The Morgan fingerprint density at radius 3 is 2.48 bits per heavy atom. The second-order valence-corrected chi connectivity index (χ2v) is 8.68. The Labute approximate surface area is 163 Å². The summed E-state index contributed by atoms with van der Waals surface area (Å²) >= 11 is 3.43. The topological polar surface area (TPSA) is 32.3 Å². The molecular weight excluding hydrogens is 372 g/mol. The molecule has 2 aromatic rings. The highest BCUT2D eigenvalue weighted by Gasteiger charge is 2.57. The van der Waals surface area contributed by atoms with E-state index in [1.54, 1.807) is 22.7 Å². The van der Waals surface area contributed by atoms with Crippen molar-refractivity contribution in [3.63, 3.8) is 0 Å². The Hall–Kier alpha value is -0.880. The van der Waals surface area contributed by atoms with E-state index in [0.717, 1.165) is 26.1 Å². The molecule has 1 amide bonds. The number of amides is 1. The van der Waals surface area contributed by atoms with Crippen LogP contribution < -0.4 is 5.32 Å². The molecule has 1 saturated carbocycles. The van der Waals surface area contributed by atoms with Crippen molar-refractivity contribution in [2.75, 3.05) is 13.1 Å². The van der Waals surface area contributed by atoms with E-state index in [2.05, 4.69) is 43.9 Å². The average molecular weight is 397 g/mol. The summed E-state index contributed by atoms with van der Waals surface area (Å²) in [5, 5.41) is 12.0. The largest absolute Gasteiger partial charge is 0.335 e. The molecule has 1 saturated heterocycles. The normalized spacial score (nSPS) is 20.9. The molecule has 3 heterocycles. The molecule has 1 unspecified atom stereocenters. The summed E-state index contributed by atoms with van der Waals surface area (Å²) in [6.07, 6.45) is 5.13. The molecule has 1 aliphatic heterocycles. The third-order valence-electron chi connectivity index (χ3n) is 5.58. The lowest BCUT2D eigenvalue weighted by atomic mass is 9.93. The van der Waals surface area contributed by atoms with Gasteiger partial charge in [0.1, 0.15) is 0 Å². The zero-order valence-corrected chi connectivity index (χ0v) is 16.7. The minimum absolute atomic E-state index is 0. The molecule has 0 bridgehead atoms. The first kappa shape index (κ1) is 18.9. The van der Waals surface area contributed by atoms with Gasteiger partial charge in [-0.25, -0.2) is 0 Å². The fourth-order valence-electron chi connectivity index (χ4n) is 4.01. The van der Waals surface area contributed by atoms with Crippen molar-refractivity contribution in [2.24, 2.45) is 5.41 Å². The van der Waals surface area contributed by atoms with Crippen LogP contribution in [0.1, 0.15) is 36.8 Å². The molecular formula is C19H25ClN2OS2. The van der Waals surface area contributed by atoms with Gasteiger partial charge in [0.2, 0.25) is 5.91 Å². The van der Waals surface area contributed by atoms with Crippen molar-refractivity contribution in [3.8, 4) is 0 Å². The Balaban J connectivity index is 0.00000182. The monoisotopic (exact) mass is 396 g/mol. The molecule has 2 fully saturated rings. The summed E-state index contributed by atoms with van der Waals surface area (Å²) in [5.74, 6) is 0.327. The lowest BCUT2D eigenvalue weighted by molar-refractivity contribution is -0.133. The Bertz CT molecular complexity index is 666. The second-order valence-electron chi connectivity index (χ2n) is 7.12. The Morgan fingerprint density at radius 2 is 1.84 bits per heavy atom. The van der Waals surface area contributed by atoms with E-state index >= 15 is 0 Å². The standard InChI is InChI=1S/C19H24N2OS2.ClH/c22-18(2-1-15-3-9-23-13-15)21(12-16-4-10-24-14-16)17-11-19(17)5-7-20-8-6-19;/h3-4,9-10,13-14,17,20H,1-2,5-8,11-12H2;1H. The van der Waals surface area contributed by atoms with Gasteiger partial charge in [-0.2, -0.15) is 22.7 Å². The third-order valence-corrected chi connectivity index (χ3v) is 7.05. The molecule has 1 spiro atoms. The van der Waals surface area contributed by atoms with Crippen LogP contribution in [0.3, 0.4) is 0 Å². The maximum absolute atomic E-state index is 13.0. The summed E-state index contributed by atoms with van der Waals surface area (Å²) < 4.78 is 0. The van der Waals surface area contributed by atoms with Crippen molar-refractivity contribution < 1.29 is 4.79 Å². The molecule has 6 heteroatoms. The molecule has 1 atom stereocenters. The summed E-state index contributed by atoms with van der Waals surface area (Å²) in [7, 11) is 0. The summed E-state index contributed by atoms with van der Waals surface area (Å²) in [6.45, 7) is 2.99. The van der Waals surface area contributed by atoms with Gasteiger partial charge in [0.15, 0.2) is 0 Å². The van der Waals surface area contributed by atoms with Crippen molar-refractivity contribution in [1.82, 2.24) is 10.2 Å². The number of aryl methyl sites for hydroxylation is 1. The molecule has 1 N–H and O–H groups in total. The van der Waals surface area contributed by atoms with Gasteiger partial charge in [0.25, 0.3) is 0 Å². The molecule has 4 rings (SSSR count). The van der Waals surface area contributed by atoms with E-state index in [1.807, 2.05) is 0 Å². The van der Waals surface area contributed by atoms with E-state index in [1.165, 1.54) is 30.4 Å². The van der Waals surface area contributed by atoms with Crippen molar-refractivity contribution in [3.05, 3.63) is 44.8 Å². The van der Waals surface area contributed by atoms with Gasteiger partial charge in [-0.3, -0.25) is 4.79 Å². The zero-order chi connectivity index (χ0) is 16.4. The van der Waals surface area contributed by atoms with E-state index in [4.69, 9.17) is 0 Å². The lowest BCUT2D eigenvalue weighted by Gasteiger charge is -2.29. The van der Waals surface area contributed by atoms with E-state index in [-0.39, 0.29) is 12.4 Å². The molecule has 2 aromatic heterocycles. The summed E-state index contributed by atoms with van der Waals surface area (Å²) in [4.78, 5) is 15.2. The van der Waals surface area contributed by atoms with Gasteiger partial charge >= 0.3 is 0 Å². The smallest absolute Gasteiger partial charge is 0.223 e. The summed E-state index contributed by atoms with van der Waals surface area (Å²) in [5.41, 5.74) is 2.97. The highest BCUT2D eigenvalue weighted by molar-refractivity contribution is 7.08. The van der Waals surface area contributed by atoms with E-state index < -0.39 is 0 Å². The molecule has 25 heavy (non-hydrogen) atoms. The van der Waals surface area contributed by atoms with Crippen LogP contribution in [0.15, 0.2) is 33.7 Å².